The summed E-state index contributed by atoms with van der Waals surface area (Å²) in [5.41, 5.74) is 6.80. The zero-order chi connectivity index (χ0) is 11.7. The van der Waals surface area contributed by atoms with E-state index >= 15 is 0 Å². The van der Waals surface area contributed by atoms with Gasteiger partial charge in [-0.1, -0.05) is 0 Å². The van der Waals surface area contributed by atoms with Gasteiger partial charge in [-0.25, -0.2) is 9.50 Å². The summed E-state index contributed by atoms with van der Waals surface area (Å²) in [6.07, 6.45) is 9.61. The molecule has 0 bridgehead atoms. The molecule has 90 valence electrons. The third-order valence-electron chi connectivity index (χ3n) is 3.29. The number of nitrogens with two attached hydrogens (primary N) is 1. The minimum atomic E-state index is 0.239. The summed E-state index contributed by atoms with van der Waals surface area (Å²) in [5, 5.41) is 4.16. The van der Waals surface area contributed by atoms with Gasteiger partial charge in [-0.2, -0.15) is 5.10 Å². The van der Waals surface area contributed by atoms with Crippen LogP contribution in [0.3, 0.4) is 0 Å². The third kappa shape index (κ3) is 2.10. The van der Waals surface area contributed by atoms with Crippen LogP contribution < -0.4 is 10.5 Å². The van der Waals surface area contributed by atoms with Gasteiger partial charge in [0.25, 0.3) is 0 Å². The van der Waals surface area contributed by atoms with Crippen molar-refractivity contribution in [1.29, 1.82) is 0 Å². The number of hydrogen-bond donors (Lipinski definition) is 1. The van der Waals surface area contributed by atoms with Crippen molar-refractivity contribution in [3.05, 3.63) is 24.7 Å². The normalized spacial score (nSPS) is 25.0. The van der Waals surface area contributed by atoms with Crippen molar-refractivity contribution in [1.82, 2.24) is 14.6 Å². The van der Waals surface area contributed by atoms with Gasteiger partial charge < -0.3 is 10.5 Å². The first kappa shape index (κ1) is 10.5. The summed E-state index contributed by atoms with van der Waals surface area (Å²) in [5.74, 6) is 0.672. The van der Waals surface area contributed by atoms with E-state index in [-0.39, 0.29) is 6.10 Å². The first-order valence-corrected chi connectivity index (χ1v) is 6.03. The van der Waals surface area contributed by atoms with Gasteiger partial charge in [0, 0.05) is 18.4 Å². The summed E-state index contributed by atoms with van der Waals surface area (Å²) in [6, 6.07) is 2.25. The van der Waals surface area contributed by atoms with E-state index in [1.807, 2.05) is 12.3 Å². The summed E-state index contributed by atoms with van der Waals surface area (Å²) < 4.78 is 7.72. The van der Waals surface area contributed by atoms with Crippen molar-refractivity contribution in [3.8, 4) is 5.88 Å². The Bertz CT molecular complexity index is 502. The van der Waals surface area contributed by atoms with Gasteiger partial charge in [-0.3, -0.25) is 0 Å². The molecule has 3 rings (SSSR count). The average Bonchev–Trinajstić information content (AvgIpc) is 2.81. The summed E-state index contributed by atoms with van der Waals surface area (Å²) in [6.45, 7) is 0. The van der Waals surface area contributed by atoms with Crippen molar-refractivity contribution >= 4 is 5.52 Å². The fourth-order valence-electron chi connectivity index (χ4n) is 2.29. The second-order valence-electron chi connectivity index (χ2n) is 4.55. The lowest BCUT2D eigenvalue weighted by Gasteiger charge is -2.26. The van der Waals surface area contributed by atoms with Gasteiger partial charge in [0.15, 0.2) is 0 Å². The molecule has 2 N–H and O–H groups in total. The molecular formula is C12H16N4O. The van der Waals surface area contributed by atoms with Gasteiger partial charge >= 0.3 is 0 Å². The van der Waals surface area contributed by atoms with Crippen LogP contribution in [0.5, 0.6) is 5.88 Å². The Morgan fingerprint density at radius 1 is 1.24 bits per heavy atom. The van der Waals surface area contributed by atoms with E-state index in [1.54, 1.807) is 16.9 Å². The quantitative estimate of drug-likeness (QED) is 0.849. The van der Waals surface area contributed by atoms with E-state index in [9.17, 15) is 0 Å². The maximum Gasteiger partial charge on any atom is 0.240 e. The second kappa shape index (κ2) is 4.33. The molecule has 0 aromatic carbocycles. The Morgan fingerprint density at radius 3 is 2.88 bits per heavy atom. The van der Waals surface area contributed by atoms with Crippen molar-refractivity contribution in [2.75, 3.05) is 0 Å². The minimum Gasteiger partial charge on any atom is -0.473 e. The number of aromatic nitrogens is 3. The van der Waals surface area contributed by atoms with E-state index in [0.717, 1.165) is 31.2 Å². The van der Waals surface area contributed by atoms with E-state index in [0.29, 0.717) is 11.9 Å². The predicted octanol–water partition coefficient (Wildman–Crippen LogP) is 1.38. The number of rotatable bonds is 2. The summed E-state index contributed by atoms with van der Waals surface area (Å²) >= 11 is 0. The average molecular weight is 232 g/mol. The van der Waals surface area contributed by atoms with Gasteiger partial charge in [0.2, 0.25) is 5.88 Å². The highest BCUT2D eigenvalue weighted by Gasteiger charge is 2.21. The number of ether oxygens (including phenoxy) is 1. The van der Waals surface area contributed by atoms with Crippen LogP contribution in [-0.4, -0.2) is 26.7 Å². The van der Waals surface area contributed by atoms with Crippen LogP contribution in [0, 0.1) is 0 Å². The molecule has 2 aromatic rings. The van der Waals surface area contributed by atoms with Crippen LogP contribution in [0.4, 0.5) is 0 Å². The van der Waals surface area contributed by atoms with Crippen molar-refractivity contribution in [3.63, 3.8) is 0 Å². The van der Waals surface area contributed by atoms with Gasteiger partial charge in [-0.15, -0.1) is 0 Å². The lowest BCUT2D eigenvalue weighted by atomic mass is 9.94. The molecule has 0 aliphatic heterocycles. The van der Waals surface area contributed by atoms with Crippen LogP contribution >= 0.6 is 0 Å². The third-order valence-corrected chi connectivity index (χ3v) is 3.29. The standard InChI is InChI=1S/C12H16N4O/c13-9-1-3-10(4-2-9)17-12-11-5-6-15-16(11)8-7-14-12/h5-10H,1-4,13H2. The maximum absolute atomic E-state index is 5.95. The molecular weight excluding hydrogens is 216 g/mol. The van der Waals surface area contributed by atoms with Crippen LogP contribution in [-0.2, 0) is 0 Å². The minimum absolute atomic E-state index is 0.239. The predicted molar refractivity (Wildman–Crippen MR) is 63.8 cm³/mol. The smallest absolute Gasteiger partial charge is 0.240 e. The molecule has 2 aromatic heterocycles. The highest BCUT2D eigenvalue weighted by atomic mass is 16.5. The highest BCUT2D eigenvalue weighted by molar-refractivity contribution is 5.54. The Balaban J connectivity index is 1.78. The highest BCUT2D eigenvalue weighted by Crippen LogP contribution is 2.24. The van der Waals surface area contributed by atoms with Crippen molar-refractivity contribution in [2.45, 2.75) is 37.8 Å². The molecule has 0 atom stereocenters. The Labute approximate surface area is 99.6 Å². The SMILES string of the molecule is NC1CCC(Oc2nccn3nccc23)CC1. The van der Waals surface area contributed by atoms with Gasteiger partial charge in [-0.05, 0) is 31.7 Å². The fourth-order valence-corrected chi connectivity index (χ4v) is 2.29. The van der Waals surface area contributed by atoms with Gasteiger partial charge in [0.05, 0.1) is 6.20 Å². The Kier molecular flexibility index (Phi) is 2.68. The molecule has 1 fully saturated rings. The van der Waals surface area contributed by atoms with E-state index < -0.39 is 0 Å². The Hall–Kier alpha value is -1.62. The fraction of sp³-hybridized carbons (Fsp3) is 0.500. The van der Waals surface area contributed by atoms with Crippen LogP contribution in [0.1, 0.15) is 25.7 Å². The van der Waals surface area contributed by atoms with E-state index in [4.69, 9.17) is 10.5 Å². The van der Waals surface area contributed by atoms with Gasteiger partial charge in [0.1, 0.15) is 11.6 Å². The maximum atomic E-state index is 5.95. The molecule has 0 spiro atoms. The zero-order valence-corrected chi connectivity index (χ0v) is 9.62. The monoisotopic (exact) mass is 232 g/mol. The van der Waals surface area contributed by atoms with Crippen LogP contribution in [0.2, 0.25) is 0 Å². The lowest BCUT2D eigenvalue weighted by molar-refractivity contribution is 0.142. The van der Waals surface area contributed by atoms with Crippen molar-refractivity contribution in [2.24, 2.45) is 5.73 Å². The lowest BCUT2D eigenvalue weighted by Crippen LogP contribution is -2.31. The molecule has 0 saturated heterocycles. The van der Waals surface area contributed by atoms with Crippen molar-refractivity contribution < 1.29 is 4.74 Å². The number of hydrogen-bond acceptors (Lipinski definition) is 4. The van der Waals surface area contributed by atoms with Crippen LogP contribution in [0.25, 0.3) is 5.52 Å². The molecule has 2 heterocycles. The molecule has 0 amide bonds. The summed E-state index contributed by atoms with van der Waals surface area (Å²) in [4.78, 5) is 4.28. The molecule has 1 aliphatic rings. The second-order valence-corrected chi connectivity index (χ2v) is 4.55. The number of nitrogens with zero attached hydrogens (tertiary/aromatic N) is 3. The molecule has 1 saturated carbocycles. The first-order valence-electron chi connectivity index (χ1n) is 6.03. The molecule has 1 aliphatic carbocycles. The molecule has 5 heteroatoms. The van der Waals surface area contributed by atoms with E-state index in [2.05, 4.69) is 10.1 Å². The first-order chi connectivity index (χ1) is 8.33. The van der Waals surface area contributed by atoms with E-state index in [1.165, 1.54) is 0 Å². The molecule has 0 unspecified atom stereocenters. The molecule has 5 nitrogen and oxygen atoms in total. The number of fused-ring (bicyclic) bond motifs is 1. The zero-order valence-electron chi connectivity index (χ0n) is 9.62. The van der Waals surface area contributed by atoms with Crippen LogP contribution in [0.15, 0.2) is 24.7 Å². The molecule has 17 heavy (non-hydrogen) atoms. The Morgan fingerprint density at radius 2 is 2.06 bits per heavy atom. The topological polar surface area (TPSA) is 65.4 Å². The summed E-state index contributed by atoms with van der Waals surface area (Å²) in [7, 11) is 0. The molecule has 0 radical (unpaired) electrons. The largest absolute Gasteiger partial charge is 0.473 e.